The van der Waals surface area contributed by atoms with Gasteiger partial charge in [0.2, 0.25) is 0 Å². The van der Waals surface area contributed by atoms with Gasteiger partial charge >= 0.3 is 0 Å². The van der Waals surface area contributed by atoms with Crippen molar-refractivity contribution in [2.45, 2.75) is 98.6 Å². The third-order valence-corrected chi connectivity index (χ3v) is 12.7. The third-order valence-electron chi connectivity index (χ3n) is 12.7. The second-order valence-electron chi connectivity index (χ2n) is 16.6. The van der Waals surface area contributed by atoms with Gasteiger partial charge in [-0.05, 0) is 84.7 Å². The lowest BCUT2D eigenvalue weighted by Gasteiger charge is -2.48. The van der Waals surface area contributed by atoms with Crippen LogP contribution in [0, 0.1) is 0 Å². The number of hydrogen-bond donors (Lipinski definition) is 1. The number of nitrogens with zero attached hydrogens (tertiary/aromatic N) is 2. The molecule has 9 rings (SSSR count). The molecular formula is C43H54N2O5. The Kier molecular flexibility index (Phi) is 9.25. The first-order valence-corrected chi connectivity index (χ1v) is 19.4. The van der Waals surface area contributed by atoms with E-state index in [0.29, 0.717) is 37.5 Å². The van der Waals surface area contributed by atoms with Crippen LogP contribution in [0.5, 0.6) is 5.75 Å². The molecule has 5 unspecified atom stereocenters. The van der Waals surface area contributed by atoms with Crippen molar-refractivity contribution >= 4 is 0 Å². The zero-order valence-electron chi connectivity index (χ0n) is 29.5. The average molecular weight is 679 g/mol. The molecule has 0 aromatic heterocycles. The fraction of sp³-hybridized carbons (Fsp3) is 0.581. The van der Waals surface area contributed by atoms with Gasteiger partial charge in [0.15, 0.2) is 0 Å². The van der Waals surface area contributed by atoms with E-state index in [1.807, 2.05) is 30.3 Å². The van der Waals surface area contributed by atoms with Crippen molar-refractivity contribution in [1.82, 2.24) is 9.80 Å². The quantitative estimate of drug-likeness (QED) is 0.256. The van der Waals surface area contributed by atoms with Crippen molar-refractivity contribution in [3.8, 4) is 5.75 Å². The molecule has 5 fully saturated rings. The van der Waals surface area contributed by atoms with Gasteiger partial charge in [0, 0.05) is 51.6 Å². The number of hydrogen-bond acceptors (Lipinski definition) is 7. The molecule has 4 aliphatic heterocycles. The van der Waals surface area contributed by atoms with Gasteiger partial charge in [0.25, 0.3) is 0 Å². The van der Waals surface area contributed by atoms with Crippen LogP contribution in [0.4, 0.5) is 0 Å². The number of fused-ring (bicyclic) bond motifs is 1. The van der Waals surface area contributed by atoms with Gasteiger partial charge in [-0.1, -0.05) is 73.2 Å². The predicted octanol–water partition coefficient (Wildman–Crippen LogP) is 6.30. The van der Waals surface area contributed by atoms with E-state index in [1.54, 1.807) is 11.1 Å². The minimum absolute atomic E-state index is 0.0185. The Labute approximate surface area is 297 Å². The van der Waals surface area contributed by atoms with Crippen molar-refractivity contribution in [1.29, 1.82) is 0 Å². The summed E-state index contributed by atoms with van der Waals surface area (Å²) in [5, 5.41) is 10.9. The summed E-state index contributed by atoms with van der Waals surface area (Å²) < 4.78 is 25.2. The molecule has 7 nitrogen and oxygen atoms in total. The van der Waals surface area contributed by atoms with Gasteiger partial charge in [-0.25, -0.2) is 0 Å². The Morgan fingerprint density at radius 3 is 2.36 bits per heavy atom. The number of ether oxygens (including phenoxy) is 4. The van der Waals surface area contributed by atoms with Crippen LogP contribution in [0.2, 0.25) is 0 Å². The molecular weight excluding hydrogens is 624 g/mol. The van der Waals surface area contributed by atoms with Gasteiger partial charge in [-0.2, -0.15) is 0 Å². The Morgan fingerprint density at radius 2 is 1.52 bits per heavy atom. The van der Waals surface area contributed by atoms with Crippen LogP contribution < -0.4 is 4.74 Å². The number of rotatable bonds is 11. The second kappa shape index (κ2) is 14.0. The van der Waals surface area contributed by atoms with Crippen LogP contribution in [-0.2, 0) is 20.6 Å². The number of aryl methyl sites for hydroxylation is 1. The van der Waals surface area contributed by atoms with Crippen LogP contribution >= 0.6 is 0 Å². The van der Waals surface area contributed by atoms with Crippen molar-refractivity contribution in [3.05, 3.63) is 101 Å². The van der Waals surface area contributed by atoms with E-state index in [1.165, 1.54) is 36.8 Å². The van der Waals surface area contributed by atoms with E-state index in [2.05, 4.69) is 58.3 Å². The molecule has 50 heavy (non-hydrogen) atoms. The maximum Gasteiger partial charge on any atom is 0.125 e. The predicted molar refractivity (Wildman–Crippen MR) is 194 cm³/mol. The molecule has 1 saturated carbocycles. The van der Waals surface area contributed by atoms with Gasteiger partial charge in [-0.3, -0.25) is 9.80 Å². The molecule has 266 valence electrons. The highest BCUT2D eigenvalue weighted by Crippen LogP contribution is 2.44. The molecule has 0 radical (unpaired) electrons. The Morgan fingerprint density at radius 1 is 0.760 bits per heavy atom. The van der Waals surface area contributed by atoms with E-state index in [0.717, 1.165) is 70.8 Å². The van der Waals surface area contributed by atoms with Crippen LogP contribution in [0.15, 0.2) is 78.9 Å². The first-order chi connectivity index (χ1) is 24.5. The zero-order chi connectivity index (χ0) is 33.5. The first-order valence-electron chi connectivity index (χ1n) is 19.4. The number of aliphatic hydroxyl groups is 1. The summed E-state index contributed by atoms with van der Waals surface area (Å²) in [5.41, 5.74) is 5.94. The third kappa shape index (κ3) is 7.02. The summed E-state index contributed by atoms with van der Waals surface area (Å²) in [4.78, 5) is 4.93. The van der Waals surface area contributed by atoms with E-state index >= 15 is 0 Å². The zero-order valence-corrected chi connectivity index (χ0v) is 29.5. The van der Waals surface area contributed by atoms with Crippen LogP contribution in [0.1, 0.15) is 85.0 Å². The number of para-hydroxylation sites is 1. The Bertz CT molecular complexity index is 1590. The normalized spacial score (nSPS) is 30.6. The molecule has 3 aromatic carbocycles. The molecule has 6 atom stereocenters. The molecule has 0 amide bonds. The molecule has 3 aromatic rings. The lowest BCUT2D eigenvalue weighted by Crippen LogP contribution is -2.63. The summed E-state index contributed by atoms with van der Waals surface area (Å²) in [7, 11) is 0. The minimum atomic E-state index is -0.457. The van der Waals surface area contributed by atoms with Crippen LogP contribution in [-0.4, -0.2) is 104 Å². The Hall–Kier alpha value is -2.78. The topological polar surface area (TPSA) is 63.6 Å². The largest absolute Gasteiger partial charge is 0.488 e. The SMILES string of the molecule is O[C@@H](COC1CCCC(c2ccc3c(c2)CCC3CN2CC3(CC(Oc4ccccc4)CO3)C2)C1)CN1CC2(CC(c3ccccc3)CO2)C1. The minimum Gasteiger partial charge on any atom is -0.488 e. The van der Waals surface area contributed by atoms with Crippen molar-refractivity contribution in [2.24, 2.45) is 0 Å². The standard InChI is InChI=1S/C43H54N2O5/c46-37(23-45-27-42(28-45)20-36(24-48-42)31-8-3-1-4-9-31)25-47-39-13-7-10-32(19-39)33-16-17-41-34(18-33)14-15-35(41)22-44-29-43(30-44)21-40(26-49-43)50-38-11-5-2-6-12-38/h1-6,8-9,11-12,16-18,32,35-37,39-40,46H,7,10,13-15,19-30H2/t32?,35?,36?,37-,39?,40?/m1/s1. The fourth-order valence-electron chi connectivity index (χ4n) is 10.3. The molecule has 4 heterocycles. The number of aliphatic hydroxyl groups excluding tert-OH is 1. The first kappa shape index (κ1) is 33.1. The van der Waals surface area contributed by atoms with Crippen LogP contribution in [0.3, 0.4) is 0 Å². The van der Waals surface area contributed by atoms with E-state index < -0.39 is 6.10 Å². The summed E-state index contributed by atoms with van der Waals surface area (Å²) in [6.07, 6.45) is 8.99. The smallest absolute Gasteiger partial charge is 0.125 e. The lowest BCUT2D eigenvalue weighted by atomic mass is 9.81. The molecule has 4 saturated heterocycles. The van der Waals surface area contributed by atoms with Crippen molar-refractivity contribution in [2.75, 3.05) is 59.1 Å². The highest BCUT2D eigenvalue weighted by atomic mass is 16.6. The van der Waals surface area contributed by atoms with E-state index in [9.17, 15) is 5.11 Å². The maximum atomic E-state index is 10.9. The molecule has 2 aliphatic carbocycles. The summed E-state index contributed by atoms with van der Waals surface area (Å²) in [6.45, 7) is 7.57. The lowest BCUT2D eigenvalue weighted by molar-refractivity contribution is -0.127. The van der Waals surface area contributed by atoms with E-state index in [-0.39, 0.29) is 23.4 Å². The highest BCUT2D eigenvalue weighted by Gasteiger charge is 2.51. The van der Waals surface area contributed by atoms with Gasteiger partial charge in [0.05, 0.1) is 43.2 Å². The van der Waals surface area contributed by atoms with Gasteiger partial charge in [0.1, 0.15) is 11.9 Å². The summed E-state index contributed by atoms with van der Waals surface area (Å²) in [5.74, 6) is 2.58. The summed E-state index contributed by atoms with van der Waals surface area (Å²) >= 11 is 0. The molecule has 2 spiro atoms. The molecule has 1 N–H and O–H groups in total. The van der Waals surface area contributed by atoms with Crippen LogP contribution in [0.25, 0.3) is 0 Å². The second-order valence-corrected chi connectivity index (χ2v) is 16.6. The van der Waals surface area contributed by atoms with Crippen molar-refractivity contribution < 1.29 is 24.1 Å². The maximum absolute atomic E-state index is 10.9. The number of β-amino-alcohol motifs (C(OH)–C–C–N with tert-alkyl or cyclic N) is 1. The monoisotopic (exact) mass is 678 g/mol. The number of likely N-dealkylation sites (tertiary alicyclic amines) is 2. The molecule has 0 bridgehead atoms. The Balaban J connectivity index is 0.705. The van der Waals surface area contributed by atoms with E-state index in [4.69, 9.17) is 18.9 Å². The van der Waals surface area contributed by atoms with Gasteiger partial charge < -0.3 is 24.1 Å². The summed E-state index contributed by atoms with van der Waals surface area (Å²) in [6, 6.07) is 28.3. The molecule has 7 heteroatoms. The fourth-order valence-corrected chi connectivity index (χ4v) is 10.3. The molecule has 6 aliphatic rings. The average Bonchev–Trinajstić information content (AvgIpc) is 3.86. The highest BCUT2D eigenvalue weighted by molar-refractivity contribution is 5.40. The van der Waals surface area contributed by atoms with Crippen molar-refractivity contribution in [3.63, 3.8) is 0 Å². The van der Waals surface area contributed by atoms with Gasteiger partial charge in [-0.15, -0.1) is 0 Å². The number of benzene rings is 3.